The Balaban J connectivity index is 1.67. The van der Waals surface area contributed by atoms with Crippen LogP contribution in [0.5, 0.6) is 0 Å². The first-order valence-corrected chi connectivity index (χ1v) is 7.70. The highest BCUT2D eigenvalue weighted by molar-refractivity contribution is 5.96. The zero-order valence-corrected chi connectivity index (χ0v) is 13.0. The molecule has 6 heteroatoms. The molecule has 0 bridgehead atoms. The fourth-order valence-corrected chi connectivity index (χ4v) is 2.74. The topological polar surface area (TPSA) is 89.1 Å². The van der Waals surface area contributed by atoms with Crippen LogP contribution in [0.4, 0.5) is 11.5 Å². The molecule has 118 valence electrons. The number of nitrogens with one attached hydrogen (secondary N) is 1. The van der Waals surface area contributed by atoms with Crippen molar-refractivity contribution in [2.75, 3.05) is 17.6 Å². The molecule has 1 aliphatic heterocycles. The van der Waals surface area contributed by atoms with Crippen LogP contribution in [0, 0.1) is 0 Å². The van der Waals surface area contributed by atoms with Crippen molar-refractivity contribution in [2.24, 2.45) is 4.99 Å². The van der Waals surface area contributed by atoms with Gasteiger partial charge in [-0.15, -0.1) is 0 Å². The molecule has 0 saturated heterocycles. The van der Waals surface area contributed by atoms with Gasteiger partial charge in [-0.05, 0) is 35.4 Å². The van der Waals surface area contributed by atoms with Crippen molar-refractivity contribution in [2.45, 2.75) is 6.54 Å². The van der Waals surface area contributed by atoms with Gasteiger partial charge in [-0.3, -0.25) is 4.99 Å². The van der Waals surface area contributed by atoms with Crippen LogP contribution >= 0.6 is 0 Å². The second kappa shape index (κ2) is 6.08. The van der Waals surface area contributed by atoms with Crippen LogP contribution in [-0.2, 0) is 6.54 Å². The maximum absolute atomic E-state index is 5.98. The van der Waals surface area contributed by atoms with Gasteiger partial charge < -0.3 is 11.1 Å². The van der Waals surface area contributed by atoms with E-state index in [0.717, 1.165) is 27.8 Å². The quantitative estimate of drug-likeness (QED) is 0.772. The molecular formula is C18H16N6. The first-order valence-electron chi connectivity index (χ1n) is 7.70. The summed E-state index contributed by atoms with van der Waals surface area (Å²) in [5.74, 6) is 0.484. The van der Waals surface area contributed by atoms with Crippen LogP contribution in [0.25, 0.3) is 16.5 Å². The van der Waals surface area contributed by atoms with Crippen LogP contribution in [0.15, 0.2) is 53.7 Å². The Bertz CT molecular complexity index is 946. The van der Waals surface area contributed by atoms with Crippen molar-refractivity contribution < 1.29 is 0 Å². The average molecular weight is 316 g/mol. The van der Waals surface area contributed by atoms with E-state index in [2.05, 4.69) is 43.7 Å². The van der Waals surface area contributed by atoms with E-state index >= 15 is 0 Å². The van der Waals surface area contributed by atoms with Crippen molar-refractivity contribution in [3.05, 3.63) is 59.9 Å². The lowest BCUT2D eigenvalue weighted by Crippen LogP contribution is -2.04. The lowest BCUT2D eigenvalue weighted by molar-refractivity contribution is 0.925. The Morgan fingerprint density at radius 2 is 2.12 bits per heavy atom. The third-order valence-electron chi connectivity index (χ3n) is 3.93. The SMILES string of the molecule is Nc1cc(NCc2cccnn2)c2ccc(C3=CC=NC3)cc2n1. The number of nitrogen functional groups attached to an aromatic ring is 1. The summed E-state index contributed by atoms with van der Waals surface area (Å²) in [6, 6.07) is 11.9. The smallest absolute Gasteiger partial charge is 0.126 e. The fraction of sp³-hybridized carbons (Fsp3) is 0.111. The molecule has 4 rings (SSSR count). The Hall–Kier alpha value is -3.28. The average Bonchev–Trinajstić information content (AvgIpc) is 3.14. The van der Waals surface area contributed by atoms with Crippen molar-refractivity contribution in [3.63, 3.8) is 0 Å². The number of allylic oxidation sites excluding steroid dienone is 1. The van der Waals surface area contributed by atoms with E-state index in [1.807, 2.05) is 30.5 Å². The van der Waals surface area contributed by atoms with Gasteiger partial charge in [0.15, 0.2) is 0 Å². The Morgan fingerprint density at radius 3 is 2.92 bits per heavy atom. The summed E-state index contributed by atoms with van der Waals surface area (Å²) in [7, 11) is 0. The standard InChI is InChI=1S/C18H16N6/c19-18-9-16(21-11-14-2-1-6-22-24-14)15-4-3-12(8-17(15)23-18)13-5-7-20-10-13/h1-9H,10-11H2,(H3,19,21,23). The summed E-state index contributed by atoms with van der Waals surface area (Å²) in [6.45, 7) is 1.29. The third-order valence-corrected chi connectivity index (χ3v) is 3.93. The van der Waals surface area contributed by atoms with Gasteiger partial charge in [-0.1, -0.05) is 12.1 Å². The molecule has 24 heavy (non-hydrogen) atoms. The fourth-order valence-electron chi connectivity index (χ4n) is 2.74. The normalized spacial score (nSPS) is 13.2. The third kappa shape index (κ3) is 2.81. The van der Waals surface area contributed by atoms with E-state index in [-0.39, 0.29) is 0 Å². The summed E-state index contributed by atoms with van der Waals surface area (Å²) in [5.41, 5.74) is 11.0. The summed E-state index contributed by atoms with van der Waals surface area (Å²) in [5, 5.41) is 12.4. The Labute approximate surface area is 139 Å². The van der Waals surface area contributed by atoms with Crippen molar-refractivity contribution in [1.29, 1.82) is 0 Å². The van der Waals surface area contributed by atoms with Gasteiger partial charge in [0.2, 0.25) is 0 Å². The second-order valence-corrected chi connectivity index (χ2v) is 5.58. The molecule has 0 aliphatic carbocycles. The molecule has 3 aromatic rings. The first kappa shape index (κ1) is 14.3. The maximum Gasteiger partial charge on any atom is 0.126 e. The number of pyridine rings is 1. The number of hydrogen-bond donors (Lipinski definition) is 2. The molecule has 0 saturated carbocycles. The van der Waals surface area contributed by atoms with Gasteiger partial charge in [0.25, 0.3) is 0 Å². The predicted octanol–water partition coefficient (Wildman–Crippen LogP) is 2.69. The molecule has 2 aromatic heterocycles. The van der Waals surface area contributed by atoms with Crippen LogP contribution in [0.3, 0.4) is 0 Å². The number of benzene rings is 1. The van der Waals surface area contributed by atoms with Gasteiger partial charge in [-0.2, -0.15) is 10.2 Å². The van der Waals surface area contributed by atoms with E-state index in [0.29, 0.717) is 18.9 Å². The number of fused-ring (bicyclic) bond motifs is 1. The summed E-state index contributed by atoms with van der Waals surface area (Å²) in [4.78, 5) is 8.70. The number of aromatic nitrogens is 3. The zero-order valence-electron chi connectivity index (χ0n) is 13.0. The Morgan fingerprint density at radius 1 is 1.17 bits per heavy atom. The molecule has 0 radical (unpaired) electrons. The summed E-state index contributed by atoms with van der Waals surface area (Å²) < 4.78 is 0. The number of nitrogens with two attached hydrogens (primary N) is 1. The van der Waals surface area contributed by atoms with Crippen molar-refractivity contribution in [3.8, 4) is 0 Å². The van der Waals surface area contributed by atoms with Crippen LogP contribution in [-0.4, -0.2) is 27.9 Å². The highest BCUT2D eigenvalue weighted by Gasteiger charge is 2.09. The number of aliphatic imine (C=N–C) groups is 1. The molecule has 3 heterocycles. The van der Waals surface area contributed by atoms with Crippen LogP contribution < -0.4 is 11.1 Å². The number of hydrogen-bond acceptors (Lipinski definition) is 6. The van der Waals surface area contributed by atoms with E-state index < -0.39 is 0 Å². The van der Waals surface area contributed by atoms with Gasteiger partial charge in [0.05, 0.1) is 24.3 Å². The summed E-state index contributed by atoms with van der Waals surface area (Å²) in [6.07, 6.45) is 5.52. The molecule has 0 amide bonds. The molecule has 0 spiro atoms. The molecule has 1 aromatic carbocycles. The largest absolute Gasteiger partial charge is 0.384 e. The first-order chi connectivity index (χ1) is 11.8. The van der Waals surface area contributed by atoms with Crippen molar-refractivity contribution >= 4 is 34.2 Å². The second-order valence-electron chi connectivity index (χ2n) is 5.58. The predicted molar refractivity (Wildman–Crippen MR) is 96.9 cm³/mol. The van der Waals surface area contributed by atoms with Crippen LogP contribution in [0.2, 0.25) is 0 Å². The molecule has 0 unspecified atom stereocenters. The number of anilines is 2. The maximum atomic E-state index is 5.98. The highest BCUT2D eigenvalue weighted by atomic mass is 15.1. The number of nitrogens with zero attached hydrogens (tertiary/aromatic N) is 4. The minimum atomic E-state index is 0.484. The van der Waals surface area contributed by atoms with Crippen molar-refractivity contribution in [1.82, 2.24) is 15.2 Å². The minimum absolute atomic E-state index is 0.484. The van der Waals surface area contributed by atoms with Gasteiger partial charge in [-0.25, -0.2) is 4.98 Å². The van der Waals surface area contributed by atoms with E-state index in [9.17, 15) is 0 Å². The highest BCUT2D eigenvalue weighted by Crippen LogP contribution is 2.28. The van der Waals surface area contributed by atoms with E-state index in [4.69, 9.17) is 5.73 Å². The van der Waals surface area contributed by atoms with Crippen LogP contribution in [0.1, 0.15) is 11.3 Å². The molecule has 3 N–H and O–H groups in total. The monoisotopic (exact) mass is 316 g/mol. The summed E-state index contributed by atoms with van der Waals surface area (Å²) >= 11 is 0. The number of rotatable bonds is 4. The molecule has 0 atom stereocenters. The molecule has 1 aliphatic rings. The zero-order chi connectivity index (χ0) is 16.4. The lowest BCUT2D eigenvalue weighted by atomic mass is 10.0. The van der Waals surface area contributed by atoms with Gasteiger partial charge in [0.1, 0.15) is 5.82 Å². The molecule has 6 nitrogen and oxygen atoms in total. The minimum Gasteiger partial charge on any atom is -0.384 e. The Kier molecular flexibility index (Phi) is 3.63. The van der Waals surface area contributed by atoms with Gasteiger partial charge in [0, 0.05) is 29.6 Å². The lowest BCUT2D eigenvalue weighted by Gasteiger charge is -2.11. The van der Waals surface area contributed by atoms with Gasteiger partial charge >= 0.3 is 0 Å². The van der Waals surface area contributed by atoms with E-state index in [1.165, 1.54) is 5.57 Å². The van der Waals surface area contributed by atoms with E-state index in [1.54, 1.807) is 6.20 Å². The molecule has 0 fully saturated rings. The molecular weight excluding hydrogens is 300 g/mol.